The minimum absolute atomic E-state index is 0.268. The second-order valence-electron chi connectivity index (χ2n) is 6.04. The lowest BCUT2D eigenvalue weighted by Crippen LogP contribution is -2.33. The molecule has 1 atom stereocenters. The summed E-state index contributed by atoms with van der Waals surface area (Å²) in [5, 5.41) is 12.3. The smallest absolute Gasteiger partial charge is 0.338 e. The number of carboxylic acids is 1. The van der Waals surface area contributed by atoms with Crippen molar-refractivity contribution in [2.75, 3.05) is 0 Å². The third kappa shape index (κ3) is 4.53. The molecule has 0 amide bonds. The molecule has 1 aromatic rings. The molecule has 0 saturated heterocycles. The van der Waals surface area contributed by atoms with Gasteiger partial charge in [0.05, 0.1) is 5.56 Å². The monoisotopic (exact) mass is 293 g/mol. The number of hydrogen-bond donors (Lipinski definition) is 2. The van der Waals surface area contributed by atoms with Crippen LogP contribution in [0.5, 0.6) is 0 Å². The van der Waals surface area contributed by atoms with Gasteiger partial charge in [-0.2, -0.15) is 0 Å². The third-order valence-corrected chi connectivity index (χ3v) is 4.50. The summed E-state index contributed by atoms with van der Waals surface area (Å²) in [7, 11) is 0. The van der Waals surface area contributed by atoms with Gasteiger partial charge in [-0.05, 0) is 43.4 Å². The average molecular weight is 293 g/mol. The van der Waals surface area contributed by atoms with Gasteiger partial charge in [0.15, 0.2) is 0 Å². The largest absolute Gasteiger partial charge is 0.478 e. The Morgan fingerprint density at radius 1 is 1.33 bits per heavy atom. The van der Waals surface area contributed by atoms with Crippen LogP contribution in [-0.2, 0) is 6.54 Å². The molecule has 2 rings (SSSR count). The number of carbonyl (C=O) groups is 1. The second kappa shape index (κ2) is 7.55. The maximum atomic E-state index is 13.6. The first-order valence-electron chi connectivity index (χ1n) is 7.83. The lowest BCUT2D eigenvalue weighted by Gasteiger charge is -2.23. The fraction of sp³-hybridized carbons (Fsp3) is 0.588. The van der Waals surface area contributed by atoms with E-state index in [4.69, 9.17) is 5.11 Å². The van der Waals surface area contributed by atoms with Gasteiger partial charge in [-0.1, -0.05) is 31.7 Å². The van der Waals surface area contributed by atoms with Crippen LogP contribution in [0.15, 0.2) is 18.2 Å². The van der Waals surface area contributed by atoms with E-state index in [2.05, 4.69) is 12.2 Å². The number of nitrogens with one attached hydrogen (secondary N) is 1. The first kappa shape index (κ1) is 16.0. The Morgan fingerprint density at radius 2 is 2.00 bits per heavy atom. The van der Waals surface area contributed by atoms with Crippen LogP contribution in [0.1, 0.15) is 61.4 Å². The van der Waals surface area contributed by atoms with E-state index in [-0.39, 0.29) is 5.56 Å². The highest BCUT2D eigenvalue weighted by Crippen LogP contribution is 2.25. The van der Waals surface area contributed by atoms with Crippen LogP contribution in [0.2, 0.25) is 0 Å². The zero-order chi connectivity index (χ0) is 15.2. The molecule has 0 radical (unpaired) electrons. The molecule has 1 saturated carbocycles. The van der Waals surface area contributed by atoms with Crippen molar-refractivity contribution in [3.05, 3.63) is 35.1 Å². The predicted octanol–water partition coefficient (Wildman–Crippen LogP) is 3.97. The molecule has 0 unspecified atom stereocenters. The number of rotatable bonds is 5. The van der Waals surface area contributed by atoms with Crippen molar-refractivity contribution in [2.45, 2.75) is 58.0 Å². The molecule has 1 aliphatic rings. The fourth-order valence-corrected chi connectivity index (χ4v) is 3.10. The van der Waals surface area contributed by atoms with Crippen LogP contribution in [0, 0.1) is 11.7 Å². The summed E-state index contributed by atoms with van der Waals surface area (Å²) in [6.45, 7) is 2.77. The van der Waals surface area contributed by atoms with Crippen molar-refractivity contribution < 1.29 is 14.3 Å². The van der Waals surface area contributed by atoms with E-state index in [0.29, 0.717) is 18.5 Å². The first-order valence-corrected chi connectivity index (χ1v) is 7.83. The molecule has 0 bridgehead atoms. The number of halogens is 1. The average Bonchev–Trinajstić information content (AvgIpc) is 2.73. The molecule has 116 valence electrons. The highest BCUT2D eigenvalue weighted by atomic mass is 19.1. The standard InChI is InChI=1S/C17H24FNO2/c1-12(14-6-4-2-3-5-7-14)19-11-13-8-9-15(17(20)21)16(18)10-13/h8-10,12,14,19H,2-7,11H2,1H3,(H,20,21)/t12-/m0/s1. The van der Waals surface area contributed by atoms with E-state index in [1.165, 1.54) is 50.7 Å². The molecular formula is C17H24FNO2. The molecule has 0 aliphatic heterocycles. The molecule has 0 heterocycles. The summed E-state index contributed by atoms with van der Waals surface area (Å²) in [4.78, 5) is 10.8. The predicted molar refractivity (Wildman–Crippen MR) is 80.9 cm³/mol. The van der Waals surface area contributed by atoms with E-state index in [9.17, 15) is 9.18 Å². The first-order chi connectivity index (χ1) is 10.1. The SMILES string of the molecule is C[C@H](NCc1ccc(C(=O)O)c(F)c1)C1CCCCCC1. The van der Waals surface area contributed by atoms with Crippen molar-refractivity contribution in [3.63, 3.8) is 0 Å². The van der Waals surface area contributed by atoms with Crippen LogP contribution in [0.3, 0.4) is 0 Å². The Bertz CT molecular complexity index is 482. The Morgan fingerprint density at radius 3 is 2.57 bits per heavy atom. The molecule has 1 fully saturated rings. The normalized spacial score (nSPS) is 18.2. The summed E-state index contributed by atoms with van der Waals surface area (Å²) in [5.74, 6) is -1.20. The van der Waals surface area contributed by atoms with Gasteiger partial charge >= 0.3 is 5.97 Å². The van der Waals surface area contributed by atoms with Crippen LogP contribution < -0.4 is 5.32 Å². The molecule has 0 aromatic heterocycles. The molecule has 0 spiro atoms. The van der Waals surface area contributed by atoms with E-state index in [1.807, 2.05) is 0 Å². The summed E-state index contributed by atoms with van der Waals surface area (Å²) in [6, 6.07) is 4.74. The fourth-order valence-electron chi connectivity index (χ4n) is 3.10. The maximum absolute atomic E-state index is 13.6. The van der Waals surface area contributed by atoms with Crippen molar-refractivity contribution in [1.29, 1.82) is 0 Å². The number of benzene rings is 1. The van der Waals surface area contributed by atoms with Crippen LogP contribution in [-0.4, -0.2) is 17.1 Å². The van der Waals surface area contributed by atoms with Gasteiger partial charge in [0.2, 0.25) is 0 Å². The maximum Gasteiger partial charge on any atom is 0.338 e. The summed E-state index contributed by atoms with van der Waals surface area (Å²) in [6.07, 6.45) is 7.81. The molecular weight excluding hydrogens is 269 g/mol. The van der Waals surface area contributed by atoms with E-state index < -0.39 is 11.8 Å². The van der Waals surface area contributed by atoms with E-state index in [0.717, 1.165) is 5.56 Å². The lowest BCUT2D eigenvalue weighted by molar-refractivity contribution is 0.0692. The van der Waals surface area contributed by atoms with Crippen molar-refractivity contribution in [3.8, 4) is 0 Å². The zero-order valence-corrected chi connectivity index (χ0v) is 12.6. The number of hydrogen-bond acceptors (Lipinski definition) is 2. The molecule has 1 aromatic carbocycles. The summed E-state index contributed by atoms with van der Waals surface area (Å²) in [5.41, 5.74) is 0.522. The zero-order valence-electron chi connectivity index (χ0n) is 12.6. The van der Waals surface area contributed by atoms with Crippen LogP contribution in [0.4, 0.5) is 4.39 Å². The van der Waals surface area contributed by atoms with Gasteiger partial charge in [0.1, 0.15) is 5.82 Å². The highest BCUT2D eigenvalue weighted by molar-refractivity contribution is 5.87. The van der Waals surface area contributed by atoms with Crippen LogP contribution >= 0.6 is 0 Å². The third-order valence-electron chi connectivity index (χ3n) is 4.50. The summed E-state index contributed by atoms with van der Waals surface area (Å²) < 4.78 is 13.6. The van der Waals surface area contributed by atoms with Crippen LogP contribution in [0.25, 0.3) is 0 Å². The number of aromatic carboxylic acids is 1. The van der Waals surface area contributed by atoms with Crippen molar-refractivity contribution in [1.82, 2.24) is 5.32 Å². The molecule has 1 aliphatic carbocycles. The number of carboxylic acid groups (broad SMARTS) is 1. The Labute approximate surface area is 125 Å². The molecule has 4 heteroatoms. The Kier molecular flexibility index (Phi) is 5.74. The van der Waals surface area contributed by atoms with E-state index >= 15 is 0 Å². The molecule has 2 N–H and O–H groups in total. The highest BCUT2D eigenvalue weighted by Gasteiger charge is 2.18. The quantitative estimate of drug-likeness (QED) is 0.808. The molecule has 21 heavy (non-hydrogen) atoms. The topological polar surface area (TPSA) is 49.3 Å². The van der Waals surface area contributed by atoms with E-state index in [1.54, 1.807) is 6.07 Å². The van der Waals surface area contributed by atoms with Crippen molar-refractivity contribution in [2.24, 2.45) is 5.92 Å². The minimum Gasteiger partial charge on any atom is -0.478 e. The minimum atomic E-state index is -1.22. The summed E-state index contributed by atoms with van der Waals surface area (Å²) >= 11 is 0. The second-order valence-corrected chi connectivity index (χ2v) is 6.04. The Hall–Kier alpha value is -1.42. The van der Waals surface area contributed by atoms with Gasteiger partial charge in [0.25, 0.3) is 0 Å². The van der Waals surface area contributed by atoms with Gasteiger partial charge in [-0.15, -0.1) is 0 Å². The van der Waals surface area contributed by atoms with Crippen molar-refractivity contribution >= 4 is 5.97 Å². The van der Waals surface area contributed by atoms with Gasteiger partial charge in [-0.3, -0.25) is 0 Å². The lowest BCUT2D eigenvalue weighted by atomic mass is 9.93. The van der Waals surface area contributed by atoms with Gasteiger partial charge < -0.3 is 10.4 Å². The molecule has 3 nitrogen and oxygen atoms in total. The van der Waals surface area contributed by atoms with Gasteiger partial charge in [-0.25, -0.2) is 9.18 Å². The Balaban J connectivity index is 1.90. The van der Waals surface area contributed by atoms with Gasteiger partial charge in [0, 0.05) is 12.6 Å².